The Bertz CT molecular complexity index is 491. The van der Waals surface area contributed by atoms with Crippen LogP contribution in [0.15, 0.2) is 41.0 Å². The summed E-state index contributed by atoms with van der Waals surface area (Å²) >= 11 is 0. The smallest absolute Gasteiger partial charge is 0.129 e. The molecule has 18 heavy (non-hydrogen) atoms. The summed E-state index contributed by atoms with van der Waals surface area (Å²) < 4.78 is 10.9. The molecule has 2 rings (SSSR count). The number of hydrazine groups is 1. The van der Waals surface area contributed by atoms with Crippen molar-refractivity contribution in [3.63, 3.8) is 0 Å². The molecule has 96 valence electrons. The van der Waals surface area contributed by atoms with Gasteiger partial charge in [-0.1, -0.05) is 12.1 Å². The molecular formula is C14H18N2O2. The Hall–Kier alpha value is -1.78. The Kier molecular flexibility index (Phi) is 4.02. The summed E-state index contributed by atoms with van der Waals surface area (Å²) in [6.07, 6.45) is 1.67. The van der Waals surface area contributed by atoms with Crippen molar-refractivity contribution in [3.05, 3.63) is 53.5 Å². The van der Waals surface area contributed by atoms with Crippen LogP contribution in [0.4, 0.5) is 0 Å². The fraction of sp³-hybridized carbons (Fsp3) is 0.286. The molecule has 1 unspecified atom stereocenters. The number of hydrogen-bond acceptors (Lipinski definition) is 4. The largest absolute Gasteiger partial charge is 0.494 e. The van der Waals surface area contributed by atoms with Gasteiger partial charge in [-0.25, -0.2) is 5.43 Å². The molecule has 1 aromatic heterocycles. The van der Waals surface area contributed by atoms with Crippen LogP contribution >= 0.6 is 0 Å². The highest BCUT2D eigenvalue weighted by molar-refractivity contribution is 5.34. The van der Waals surface area contributed by atoms with Gasteiger partial charge in [0.1, 0.15) is 17.6 Å². The van der Waals surface area contributed by atoms with E-state index in [9.17, 15) is 0 Å². The molecule has 3 N–H and O–H groups in total. The molecule has 4 nitrogen and oxygen atoms in total. The molecule has 2 aromatic rings. The molecule has 4 heteroatoms. The third kappa shape index (κ3) is 2.55. The Labute approximate surface area is 107 Å². The Balaban J connectivity index is 2.25. The molecule has 0 amide bonds. The van der Waals surface area contributed by atoms with Gasteiger partial charge >= 0.3 is 0 Å². The fourth-order valence-corrected chi connectivity index (χ4v) is 1.93. The number of ether oxygens (including phenoxy) is 1. The van der Waals surface area contributed by atoms with Crippen molar-refractivity contribution in [1.29, 1.82) is 0 Å². The van der Waals surface area contributed by atoms with Crippen LogP contribution in [-0.2, 0) is 0 Å². The van der Waals surface area contributed by atoms with E-state index < -0.39 is 0 Å². The van der Waals surface area contributed by atoms with Crippen molar-refractivity contribution in [2.75, 3.05) is 6.61 Å². The summed E-state index contributed by atoms with van der Waals surface area (Å²) in [6, 6.07) is 9.61. The van der Waals surface area contributed by atoms with Gasteiger partial charge in [-0.3, -0.25) is 5.84 Å². The molecule has 0 radical (unpaired) electrons. The average Bonchev–Trinajstić information content (AvgIpc) is 2.79. The van der Waals surface area contributed by atoms with Gasteiger partial charge in [-0.2, -0.15) is 0 Å². The lowest BCUT2D eigenvalue weighted by atomic mass is 10.0. The first-order valence-corrected chi connectivity index (χ1v) is 5.99. The number of nitrogens with two attached hydrogens (primary N) is 1. The molecule has 0 aliphatic carbocycles. The zero-order valence-corrected chi connectivity index (χ0v) is 10.6. The minimum atomic E-state index is -0.143. The molecular weight excluding hydrogens is 228 g/mol. The van der Waals surface area contributed by atoms with Gasteiger partial charge in [-0.15, -0.1) is 0 Å². The highest BCUT2D eigenvalue weighted by Gasteiger charge is 2.17. The van der Waals surface area contributed by atoms with Crippen LogP contribution in [0.2, 0.25) is 0 Å². The monoisotopic (exact) mass is 246 g/mol. The molecule has 1 atom stereocenters. The van der Waals surface area contributed by atoms with E-state index in [1.54, 1.807) is 6.26 Å². The number of furan rings is 1. The molecule has 0 bridgehead atoms. The maximum Gasteiger partial charge on any atom is 0.129 e. The summed E-state index contributed by atoms with van der Waals surface area (Å²) in [5, 5.41) is 0. The third-order valence-corrected chi connectivity index (χ3v) is 2.86. The predicted octanol–water partition coefficient (Wildman–Crippen LogP) is 2.54. The van der Waals surface area contributed by atoms with Crippen LogP contribution < -0.4 is 16.0 Å². The zero-order valence-electron chi connectivity index (χ0n) is 10.6. The molecule has 0 saturated heterocycles. The van der Waals surface area contributed by atoms with Crippen LogP contribution in [0.5, 0.6) is 5.75 Å². The van der Waals surface area contributed by atoms with Gasteiger partial charge < -0.3 is 9.15 Å². The summed E-state index contributed by atoms with van der Waals surface area (Å²) in [4.78, 5) is 0. The minimum absolute atomic E-state index is 0.143. The lowest BCUT2D eigenvalue weighted by molar-refractivity contribution is 0.340. The number of rotatable bonds is 5. The van der Waals surface area contributed by atoms with Gasteiger partial charge in [0.05, 0.1) is 12.9 Å². The van der Waals surface area contributed by atoms with E-state index in [-0.39, 0.29) is 6.04 Å². The van der Waals surface area contributed by atoms with Gasteiger partial charge in [0.2, 0.25) is 0 Å². The molecule has 1 aromatic carbocycles. The van der Waals surface area contributed by atoms with Gasteiger partial charge in [0.25, 0.3) is 0 Å². The second-order valence-electron chi connectivity index (χ2n) is 4.07. The predicted molar refractivity (Wildman–Crippen MR) is 70.2 cm³/mol. The summed E-state index contributed by atoms with van der Waals surface area (Å²) in [5.74, 6) is 7.31. The van der Waals surface area contributed by atoms with Crippen molar-refractivity contribution in [2.45, 2.75) is 19.9 Å². The van der Waals surface area contributed by atoms with Gasteiger partial charge in [-0.05, 0) is 43.2 Å². The maximum atomic E-state index is 5.62. The average molecular weight is 246 g/mol. The standard InChI is InChI=1S/C14H18N2O2/c1-3-17-12-6-4-11(5-7-12)13(16-15)14-10(2)8-9-18-14/h4-9,13,16H,3,15H2,1-2H3. The fourth-order valence-electron chi connectivity index (χ4n) is 1.93. The normalized spacial score (nSPS) is 12.4. The lowest BCUT2D eigenvalue weighted by Gasteiger charge is -2.15. The highest BCUT2D eigenvalue weighted by Crippen LogP contribution is 2.26. The van der Waals surface area contributed by atoms with Crippen molar-refractivity contribution < 1.29 is 9.15 Å². The van der Waals surface area contributed by atoms with E-state index in [0.29, 0.717) is 6.61 Å². The van der Waals surface area contributed by atoms with Crippen LogP contribution in [0, 0.1) is 6.92 Å². The first kappa shape index (κ1) is 12.7. The third-order valence-electron chi connectivity index (χ3n) is 2.86. The molecule has 0 spiro atoms. The van der Waals surface area contributed by atoms with E-state index in [1.807, 2.05) is 44.2 Å². The van der Waals surface area contributed by atoms with Crippen molar-refractivity contribution in [3.8, 4) is 5.75 Å². The quantitative estimate of drug-likeness (QED) is 0.628. The van der Waals surface area contributed by atoms with Gasteiger partial charge in [0, 0.05) is 0 Å². The van der Waals surface area contributed by atoms with Crippen molar-refractivity contribution in [1.82, 2.24) is 5.43 Å². The second kappa shape index (κ2) is 5.71. The molecule has 1 heterocycles. The number of aryl methyl sites for hydroxylation is 1. The molecule has 0 saturated carbocycles. The maximum absolute atomic E-state index is 5.62. The Morgan fingerprint density at radius 2 is 2.00 bits per heavy atom. The summed E-state index contributed by atoms with van der Waals surface area (Å²) in [7, 11) is 0. The summed E-state index contributed by atoms with van der Waals surface area (Å²) in [6.45, 7) is 4.62. The number of benzene rings is 1. The van der Waals surface area contributed by atoms with E-state index >= 15 is 0 Å². The molecule has 0 aliphatic heterocycles. The van der Waals surface area contributed by atoms with E-state index in [4.69, 9.17) is 15.0 Å². The number of hydrogen-bond donors (Lipinski definition) is 2. The first-order chi connectivity index (χ1) is 8.76. The van der Waals surface area contributed by atoms with E-state index in [1.165, 1.54) is 0 Å². The van der Waals surface area contributed by atoms with Crippen molar-refractivity contribution >= 4 is 0 Å². The van der Waals surface area contributed by atoms with Crippen LogP contribution in [0.3, 0.4) is 0 Å². The SMILES string of the molecule is CCOc1ccc(C(NN)c2occc2C)cc1. The lowest BCUT2D eigenvalue weighted by Crippen LogP contribution is -2.28. The topological polar surface area (TPSA) is 60.4 Å². The second-order valence-corrected chi connectivity index (χ2v) is 4.07. The number of nitrogens with one attached hydrogen (secondary N) is 1. The minimum Gasteiger partial charge on any atom is -0.494 e. The van der Waals surface area contributed by atoms with E-state index in [2.05, 4.69) is 5.43 Å². The van der Waals surface area contributed by atoms with Crippen LogP contribution in [-0.4, -0.2) is 6.61 Å². The first-order valence-electron chi connectivity index (χ1n) is 5.99. The van der Waals surface area contributed by atoms with E-state index in [0.717, 1.165) is 22.6 Å². The summed E-state index contributed by atoms with van der Waals surface area (Å²) in [5.41, 5.74) is 4.89. The van der Waals surface area contributed by atoms with Gasteiger partial charge in [0.15, 0.2) is 0 Å². The molecule has 0 fully saturated rings. The Morgan fingerprint density at radius 3 is 2.50 bits per heavy atom. The van der Waals surface area contributed by atoms with Crippen LogP contribution in [0.25, 0.3) is 0 Å². The highest BCUT2D eigenvalue weighted by atomic mass is 16.5. The zero-order chi connectivity index (χ0) is 13.0. The van der Waals surface area contributed by atoms with Crippen molar-refractivity contribution in [2.24, 2.45) is 5.84 Å². The molecule has 0 aliphatic rings. The Morgan fingerprint density at radius 1 is 1.28 bits per heavy atom. The van der Waals surface area contributed by atoms with Crippen LogP contribution in [0.1, 0.15) is 29.9 Å².